The molecule has 2 heteroatoms. The van der Waals surface area contributed by atoms with Gasteiger partial charge in [0.2, 0.25) is 0 Å². The summed E-state index contributed by atoms with van der Waals surface area (Å²) in [6, 6.07) is 6.45. The maximum Gasteiger partial charge on any atom is 0.0349 e. The molecule has 0 fully saturated rings. The Hall–Kier alpha value is -1.02. The minimum atomic E-state index is 0.947. The van der Waals surface area contributed by atoms with Crippen LogP contribution < -0.4 is 5.73 Å². The topological polar surface area (TPSA) is 29.3 Å². The highest BCUT2D eigenvalue weighted by Crippen LogP contribution is 2.17. The number of aryl methyl sites for hydroxylation is 1. The number of nitrogen functional groups attached to an aromatic ring is 1. The largest absolute Gasteiger partial charge is 0.398 e. The van der Waals surface area contributed by atoms with E-state index in [1.54, 1.807) is 0 Å². The van der Waals surface area contributed by atoms with Gasteiger partial charge in [-0.1, -0.05) is 25.5 Å². The van der Waals surface area contributed by atoms with Gasteiger partial charge in [-0.2, -0.15) is 0 Å². The van der Waals surface area contributed by atoms with Crippen LogP contribution in [0.2, 0.25) is 0 Å². The van der Waals surface area contributed by atoms with Crippen molar-refractivity contribution in [3.05, 3.63) is 29.3 Å². The van der Waals surface area contributed by atoms with Crippen LogP contribution in [0.3, 0.4) is 0 Å². The van der Waals surface area contributed by atoms with Gasteiger partial charge in [-0.3, -0.25) is 0 Å². The van der Waals surface area contributed by atoms with Crippen LogP contribution in [0.1, 0.15) is 30.9 Å². The average molecular weight is 206 g/mol. The molecule has 0 heterocycles. The second-order valence-electron chi connectivity index (χ2n) is 4.37. The number of unbranched alkanes of at least 4 members (excludes halogenated alkanes) is 1. The molecule has 0 radical (unpaired) electrons. The van der Waals surface area contributed by atoms with Crippen LogP contribution in [-0.4, -0.2) is 19.0 Å². The predicted molar refractivity (Wildman–Crippen MR) is 66.9 cm³/mol. The molecule has 0 atom stereocenters. The van der Waals surface area contributed by atoms with Gasteiger partial charge in [-0.05, 0) is 44.1 Å². The SMILES string of the molecule is CCCCc1ccc(CN(C)C)cc1N. The number of hydrogen-bond acceptors (Lipinski definition) is 2. The van der Waals surface area contributed by atoms with E-state index in [2.05, 4.69) is 44.1 Å². The third-order valence-corrected chi connectivity index (χ3v) is 2.51. The van der Waals surface area contributed by atoms with Crippen molar-refractivity contribution in [1.82, 2.24) is 4.90 Å². The molecule has 0 aromatic heterocycles. The lowest BCUT2D eigenvalue weighted by Crippen LogP contribution is -2.11. The molecule has 0 bridgehead atoms. The zero-order chi connectivity index (χ0) is 11.3. The molecule has 0 saturated heterocycles. The predicted octanol–water partition coefficient (Wildman–Crippen LogP) is 2.67. The van der Waals surface area contributed by atoms with Gasteiger partial charge in [-0.15, -0.1) is 0 Å². The minimum absolute atomic E-state index is 0.947. The number of nitrogens with zero attached hydrogens (tertiary/aromatic N) is 1. The number of nitrogens with two attached hydrogens (primary N) is 1. The summed E-state index contributed by atoms with van der Waals surface area (Å²) >= 11 is 0. The highest BCUT2D eigenvalue weighted by molar-refractivity contribution is 5.49. The van der Waals surface area contributed by atoms with E-state index in [4.69, 9.17) is 5.73 Å². The van der Waals surface area contributed by atoms with Gasteiger partial charge in [-0.25, -0.2) is 0 Å². The summed E-state index contributed by atoms with van der Waals surface area (Å²) in [5.41, 5.74) is 9.55. The van der Waals surface area contributed by atoms with E-state index in [0.717, 1.165) is 18.7 Å². The molecule has 2 nitrogen and oxygen atoms in total. The number of rotatable bonds is 5. The molecule has 2 N–H and O–H groups in total. The zero-order valence-corrected chi connectivity index (χ0v) is 10.1. The second-order valence-corrected chi connectivity index (χ2v) is 4.37. The van der Waals surface area contributed by atoms with Crippen molar-refractivity contribution in [3.63, 3.8) is 0 Å². The second kappa shape index (κ2) is 5.76. The van der Waals surface area contributed by atoms with Gasteiger partial charge in [0.25, 0.3) is 0 Å². The number of benzene rings is 1. The van der Waals surface area contributed by atoms with E-state index in [-0.39, 0.29) is 0 Å². The van der Waals surface area contributed by atoms with E-state index in [0.29, 0.717) is 0 Å². The first-order chi connectivity index (χ1) is 7.13. The Morgan fingerprint density at radius 3 is 2.53 bits per heavy atom. The Kier molecular flexibility index (Phi) is 4.63. The Balaban J connectivity index is 2.69. The van der Waals surface area contributed by atoms with E-state index < -0.39 is 0 Å². The number of hydrogen-bond donors (Lipinski definition) is 1. The summed E-state index contributed by atoms with van der Waals surface area (Å²) in [7, 11) is 4.14. The van der Waals surface area contributed by atoms with Gasteiger partial charge in [0, 0.05) is 12.2 Å². The molecule has 0 saturated carbocycles. The van der Waals surface area contributed by atoms with E-state index in [9.17, 15) is 0 Å². The third kappa shape index (κ3) is 3.92. The number of anilines is 1. The van der Waals surface area contributed by atoms with Gasteiger partial charge in [0.15, 0.2) is 0 Å². The summed E-state index contributed by atoms with van der Waals surface area (Å²) in [5.74, 6) is 0. The summed E-state index contributed by atoms with van der Waals surface area (Å²) in [6.45, 7) is 3.16. The standard InChI is InChI=1S/C13H22N2/c1-4-5-6-12-8-7-11(9-13(12)14)10-15(2)3/h7-9H,4-6,10,14H2,1-3H3. The normalized spacial score (nSPS) is 10.9. The quantitative estimate of drug-likeness (QED) is 0.750. The highest BCUT2D eigenvalue weighted by Gasteiger charge is 2.01. The fourth-order valence-corrected chi connectivity index (χ4v) is 1.70. The van der Waals surface area contributed by atoms with Crippen molar-refractivity contribution in [1.29, 1.82) is 0 Å². The highest BCUT2D eigenvalue weighted by atomic mass is 15.0. The Morgan fingerprint density at radius 2 is 2.00 bits per heavy atom. The molecule has 1 rings (SSSR count). The first kappa shape index (κ1) is 12.1. The lowest BCUT2D eigenvalue weighted by molar-refractivity contribution is 0.402. The molecular weight excluding hydrogens is 184 g/mol. The lowest BCUT2D eigenvalue weighted by Gasteiger charge is -2.12. The van der Waals surface area contributed by atoms with E-state index >= 15 is 0 Å². The van der Waals surface area contributed by atoms with Crippen LogP contribution in [0.4, 0.5) is 5.69 Å². The Bertz CT molecular complexity index is 305. The lowest BCUT2D eigenvalue weighted by atomic mass is 10.0. The zero-order valence-electron chi connectivity index (χ0n) is 10.1. The van der Waals surface area contributed by atoms with Crippen molar-refractivity contribution in [2.24, 2.45) is 0 Å². The fraction of sp³-hybridized carbons (Fsp3) is 0.538. The Labute approximate surface area is 93.1 Å². The molecule has 0 aliphatic rings. The summed E-state index contributed by atoms with van der Waals surface area (Å²) in [4.78, 5) is 2.15. The molecule has 84 valence electrons. The summed E-state index contributed by atoms with van der Waals surface area (Å²) < 4.78 is 0. The van der Waals surface area contributed by atoms with Gasteiger partial charge < -0.3 is 10.6 Å². The molecule has 0 unspecified atom stereocenters. The van der Waals surface area contributed by atoms with Gasteiger partial charge in [0.05, 0.1) is 0 Å². The van der Waals surface area contributed by atoms with Gasteiger partial charge >= 0.3 is 0 Å². The average Bonchev–Trinajstić information content (AvgIpc) is 2.15. The third-order valence-electron chi connectivity index (χ3n) is 2.51. The maximum atomic E-state index is 6.02. The molecule has 1 aromatic rings. The van der Waals surface area contributed by atoms with E-state index in [1.807, 2.05) is 0 Å². The maximum absolute atomic E-state index is 6.02. The van der Waals surface area contributed by atoms with E-state index in [1.165, 1.54) is 24.0 Å². The molecule has 0 amide bonds. The van der Waals surface area contributed by atoms with Crippen molar-refractivity contribution < 1.29 is 0 Å². The summed E-state index contributed by atoms with van der Waals surface area (Å²) in [5, 5.41) is 0. The minimum Gasteiger partial charge on any atom is -0.398 e. The monoisotopic (exact) mass is 206 g/mol. The van der Waals surface area contributed by atoms with Crippen molar-refractivity contribution in [2.45, 2.75) is 32.7 Å². The molecular formula is C13H22N2. The Morgan fingerprint density at radius 1 is 1.27 bits per heavy atom. The first-order valence-electron chi connectivity index (χ1n) is 5.65. The van der Waals surface area contributed by atoms with Crippen molar-refractivity contribution in [3.8, 4) is 0 Å². The van der Waals surface area contributed by atoms with Crippen LogP contribution in [0.5, 0.6) is 0 Å². The molecule has 0 aliphatic carbocycles. The molecule has 15 heavy (non-hydrogen) atoms. The van der Waals surface area contributed by atoms with Crippen LogP contribution in [0, 0.1) is 0 Å². The summed E-state index contributed by atoms with van der Waals surface area (Å²) in [6.07, 6.45) is 3.54. The van der Waals surface area contributed by atoms with Crippen LogP contribution in [-0.2, 0) is 13.0 Å². The van der Waals surface area contributed by atoms with Crippen LogP contribution in [0.25, 0.3) is 0 Å². The molecule has 1 aromatic carbocycles. The van der Waals surface area contributed by atoms with Gasteiger partial charge in [0.1, 0.15) is 0 Å². The molecule has 0 aliphatic heterocycles. The smallest absolute Gasteiger partial charge is 0.0349 e. The molecule has 0 spiro atoms. The van der Waals surface area contributed by atoms with Crippen LogP contribution in [0.15, 0.2) is 18.2 Å². The van der Waals surface area contributed by atoms with Crippen LogP contribution >= 0.6 is 0 Å². The van der Waals surface area contributed by atoms with Crippen molar-refractivity contribution >= 4 is 5.69 Å². The first-order valence-corrected chi connectivity index (χ1v) is 5.65. The van der Waals surface area contributed by atoms with Crippen molar-refractivity contribution in [2.75, 3.05) is 19.8 Å². The fourth-order valence-electron chi connectivity index (χ4n) is 1.70.